The number of halogens is 2. The standard InChI is InChI=1S/C24H20BrFN2O4/c1-31-19-9-14(8-18(25)22(19)32-12-13-3-2-4-17(26)7-13)11-27-28-23(29)20-15-5-6-16(10-15)21(20)24(28)30/h2-9,11,15-16,20-21H,10,12H2,1H3. The summed E-state index contributed by atoms with van der Waals surface area (Å²) >= 11 is 3.47. The average Bonchev–Trinajstić information content (AvgIpc) is 3.45. The van der Waals surface area contributed by atoms with E-state index in [1.807, 2.05) is 0 Å². The molecule has 0 N–H and O–H groups in total. The number of fused-ring (bicyclic) bond motifs is 5. The first-order chi connectivity index (χ1) is 15.5. The maximum absolute atomic E-state index is 13.4. The quantitative estimate of drug-likeness (QED) is 0.338. The second-order valence-corrected chi connectivity index (χ2v) is 9.04. The van der Waals surface area contributed by atoms with Gasteiger partial charge in [-0.1, -0.05) is 24.3 Å². The molecule has 4 atom stereocenters. The highest BCUT2D eigenvalue weighted by molar-refractivity contribution is 9.10. The van der Waals surface area contributed by atoms with E-state index in [0.717, 1.165) is 11.4 Å². The second kappa shape index (κ2) is 8.16. The van der Waals surface area contributed by atoms with Crippen molar-refractivity contribution < 1.29 is 23.5 Å². The Bertz CT molecular complexity index is 1130. The Morgan fingerprint density at radius 2 is 1.88 bits per heavy atom. The van der Waals surface area contributed by atoms with Crippen LogP contribution in [0.1, 0.15) is 17.5 Å². The van der Waals surface area contributed by atoms with E-state index in [1.54, 1.807) is 24.3 Å². The molecule has 2 aliphatic carbocycles. The first-order valence-electron chi connectivity index (χ1n) is 10.3. The minimum absolute atomic E-state index is 0.144. The summed E-state index contributed by atoms with van der Waals surface area (Å²) in [5.41, 5.74) is 1.32. The van der Waals surface area contributed by atoms with Gasteiger partial charge in [-0.15, -0.1) is 0 Å². The van der Waals surface area contributed by atoms with Gasteiger partial charge in [0.1, 0.15) is 12.4 Å². The number of imide groups is 1. The number of hydrogen-bond donors (Lipinski definition) is 0. The minimum Gasteiger partial charge on any atom is -0.493 e. The molecule has 4 unspecified atom stereocenters. The van der Waals surface area contributed by atoms with Gasteiger partial charge in [-0.05, 0) is 69.6 Å². The van der Waals surface area contributed by atoms with Crippen LogP contribution in [-0.4, -0.2) is 30.1 Å². The van der Waals surface area contributed by atoms with E-state index in [4.69, 9.17) is 9.47 Å². The van der Waals surface area contributed by atoms with Crippen LogP contribution in [0.3, 0.4) is 0 Å². The summed E-state index contributed by atoms with van der Waals surface area (Å²) in [4.78, 5) is 25.5. The number of carbonyl (C=O) groups is 2. The van der Waals surface area contributed by atoms with E-state index in [0.29, 0.717) is 27.1 Å². The smallest absolute Gasteiger partial charge is 0.254 e. The van der Waals surface area contributed by atoms with Crippen molar-refractivity contribution in [2.75, 3.05) is 7.11 Å². The minimum atomic E-state index is -0.331. The van der Waals surface area contributed by atoms with Crippen LogP contribution in [0.2, 0.25) is 0 Å². The molecule has 2 aromatic rings. The molecule has 2 amide bonds. The Hall–Kier alpha value is -3.00. The van der Waals surface area contributed by atoms with Gasteiger partial charge in [-0.25, -0.2) is 4.39 Å². The third kappa shape index (κ3) is 3.52. The lowest BCUT2D eigenvalue weighted by Gasteiger charge is -2.14. The fraction of sp³-hybridized carbons (Fsp3) is 0.292. The number of carbonyl (C=O) groups excluding carboxylic acids is 2. The molecule has 3 aliphatic rings. The molecule has 5 rings (SSSR count). The van der Waals surface area contributed by atoms with E-state index in [2.05, 4.69) is 33.2 Å². The van der Waals surface area contributed by atoms with Gasteiger partial charge in [0.05, 0.1) is 29.6 Å². The van der Waals surface area contributed by atoms with Crippen LogP contribution in [0, 0.1) is 29.5 Å². The number of nitrogens with zero attached hydrogens (tertiary/aromatic N) is 2. The van der Waals surface area contributed by atoms with Gasteiger partial charge >= 0.3 is 0 Å². The van der Waals surface area contributed by atoms with E-state index < -0.39 is 0 Å². The molecule has 6 nitrogen and oxygen atoms in total. The Morgan fingerprint density at radius 3 is 2.53 bits per heavy atom. The number of benzene rings is 2. The molecule has 2 aromatic carbocycles. The summed E-state index contributed by atoms with van der Waals surface area (Å²) in [5, 5.41) is 5.22. The summed E-state index contributed by atoms with van der Waals surface area (Å²) in [6.45, 7) is 0.163. The molecule has 164 valence electrons. The first-order valence-corrected chi connectivity index (χ1v) is 11.1. The summed E-state index contributed by atoms with van der Waals surface area (Å²) in [5.74, 6) is -0.166. The van der Waals surface area contributed by atoms with Crippen LogP contribution in [0.15, 0.2) is 58.1 Å². The van der Waals surface area contributed by atoms with Crippen LogP contribution in [0.25, 0.3) is 0 Å². The zero-order valence-corrected chi connectivity index (χ0v) is 18.8. The summed E-state index contributed by atoms with van der Waals surface area (Å²) in [7, 11) is 1.51. The summed E-state index contributed by atoms with van der Waals surface area (Å²) in [6, 6.07) is 9.62. The van der Waals surface area contributed by atoms with Gasteiger partial charge in [-0.2, -0.15) is 10.1 Å². The van der Waals surface area contributed by atoms with Gasteiger partial charge in [-0.3, -0.25) is 9.59 Å². The predicted molar refractivity (Wildman–Crippen MR) is 119 cm³/mol. The molecule has 2 fully saturated rings. The molecule has 1 heterocycles. The molecule has 8 heteroatoms. The highest BCUT2D eigenvalue weighted by Crippen LogP contribution is 2.52. The topological polar surface area (TPSA) is 68.2 Å². The maximum Gasteiger partial charge on any atom is 0.254 e. The summed E-state index contributed by atoms with van der Waals surface area (Å²) in [6.07, 6.45) is 6.45. The molecule has 32 heavy (non-hydrogen) atoms. The third-order valence-electron chi connectivity index (χ3n) is 6.29. The molecular formula is C24H20BrFN2O4. The number of methoxy groups -OCH3 is 1. The summed E-state index contributed by atoms with van der Waals surface area (Å²) < 4.78 is 25.3. The first kappa shape index (κ1) is 20.9. The van der Waals surface area contributed by atoms with E-state index >= 15 is 0 Å². The zero-order valence-electron chi connectivity index (χ0n) is 17.2. The normalized spacial score (nSPS) is 25.8. The molecule has 1 aliphatic heterocycles. The van der Waals surface area contributed by atoms with Crippen molar-refractivity contribution in [3.05, 3.63) is 70.0 Å². The number of ether oxygens (including phenoxy) is 2. The lowest BCUT2D eigenvalue weighted by molar-refractivity contribution is -0.140. The second-order valence-electron chi connectivity index (χ2n) is 8.19. The molecule has 1 saturated carbocycles. The van der Waals surface area contributed by atoms with Crippen molar-refractivity contribution in [1.29, 1.82) is 0 Å². The largest absolute Gasteiger partial charge is 0.493 e. The number of hydrogen-bond acceptors (Lipinski definition) is 5. The Balaban J connectivity index is 1.33. The lowest BCUT2D eigenvalue weighted by atomic mass is 9.85. The number of hydrazone groups is 1. The van der Waals surface area contributed by atoms with Crippen molar-refractivity contribution in [2.24, 2.45) is 28.8 Å². The molecule has 0 radical (unpaired) electrons. The Labute approximate surface area is 192 Å². The van der Waals surface area contributed by atoms with Gasteiger partial charge in [0.2, 0.25) is 0 Å². The van der Waals surface area contributed by atoms with Crippen LogP contribution >= 0.6 is 15.9 Å². The van der Waals surface area contributed by atoms with Gasteiger partial charge in [0.15, 0.2) is 11.5 Å². The van der Waals surface area contributed by atoms with Crippen LogP contribution in [-0.2, 0) is 16.2 Å². The van der Waals surface area contributed by atoms with Gasteiger partial charge < -0.3 is 9.47 Å². The van der Waals surface area contributed by atoms with Crippen LogP contribution < -0.4 is 9.47 Å². The molecule has 0 aromatic heterocycles. The Kier molecular flexibility index (Phi) is 5.33. The monoisotopic (exact) mass is 498 g/mol. The molecular weight excluding hydrogens is 479 g/mol. The number of rotatable bonds is 6. The zero-order chi connectivity index (χ0) is 22.4. The van der Waals surface area contributed by atoms with Crippen molar-refractivity contribution >= 4 is 34.0 Å². The molecule has 1 saturated heterocycles. The fourth-order valence-electron chi connectivity index (χ4n) is 4.86. The molecule has 2 bridgehead atoms. The van der Waals surface area contributed by atoms with E-state index in [1.165, 1.54) is 25.5 Å². The van der Waals surface area contributed by atoms with Gasteiger partial charge in [0, 0.05) is 0 Å². The van der Waals surface area contributed by atoms with Crippen LogP contribution in [0.5, 0.6) is 11.5 Å². The third-order valence-corrected chi connectivity index (χ3v) is 6.88. The highest BCUT2D eigenvalue weighted by Gasteiger charge is 2.59. The van der Waals surface area contributed by atoms with Crippen molar-refractivity contribution in [2.45, 2.75) is 13.0 Å². The van der Waals surface area contributed by atoms with Gasteiger partial charge in [0.25, 0.3) is 11.8 Å². The SMILES string of the molecule is COc1cc(C=NN2C(=O)C3C4C=CC(C4)C3C2=O)cc(Br)c1OCc1cccc(F)c1. The molecule has 0 spiro atoms. The Morgan fingerprint density at radius 1 is 1.16 bits per heavy atom. The fourth-order valence-corrected chi connectivity index (χ4v) is 5.44. The van der Waals surface area contributed by atoms with E-state index in [9.17, 15) is 14.0 Å². The lowest BCUT2D eigenvalue weighted by Crippen LogP contribution is -2.28. The number of amides is 2. The number of allylic oxidation sites excluding steroid dienone is 2. The van der Waals surface area contributed by atoms with Crippen molar-refractivity contribution in [3.8, 4) is 11.5 Å². The predicted octanol–water partition coefficient (Wildman–Crippen LogP) is 4.32. The maximum atomic E-state index is 13.4. The average molecular weight is 499 g/mol. The van der Waals surface area contributed by atoms with Crippen molar-refractivity contribution in [3.63, 3.8) is 0 Å². The van der Waals surface area contributed by atoms with Crippen molar-refractivity contribution in [1.82, 2.24) is 5.01 Å². The van der Waals surface area contributed by atoms with Crippen LogP contribution in [0.4, 0.5) is 4.39 Å². The van der Waals surface area contributed by atoms with E-state index in [-0.39, 0.29) is 47.9 Å². The highest BCUT2D eigenvalue weighted by atomic mass is 79.9.